The molecule has 0 aliphatic carbocycles. The molecule has 106 valence electrons. The second-order valence-electron chi connectivity index (χ2n) is 3.83. The number of hydrogen-bond donors (Lipinski definition) is 1. The molecule has 0 saturated heterocycles. The minimum Gasteiger partial charge on any atom is -0.478 e. The predicted octanol–water partition coefficient (Wildman–Crippen LogP) is 3.31. The van der Waals surface area contributed by atoms with Crippen molar-refractivity contribution in [2.45, 2.75) is 11.1 Å². The summed E-state index contributed by atoms with van der Waals surface area (Å²) >= 11 is 1.20. The summed E-state index contributed by atoms with van der Waals surface area (Å²) in [6, 6.07) is 4.57. The summed E-state index contributed by atoms with van der Waals surface area (Å²) in [4.78, 5) is 11.8. The van der Waals surface area contributed by atoms with Crippen LogP contribution in [0.5, 0.6) is 0 Å². The van der Waals surface area contributed by atoms with Crippen LogP contribution in [0.2, 0.25) is 0 Å². The Bertz CT molecular complexity index is 652. The van der Waals surface area contributed by atoms with E-state index in [1.807, 2.05) is 0 Å². The smallest absolute Gasteiger partial charge is 0.419 e. The number of carbonyl (C=O) groups is 1. The number of aromatic carboxylic acids is 1. The van der Waals surface area contributed by atoms with Crippen LogP contribution < -0.4 is 0 Å². The minimum absolute atomic E-state index is 0.0724. The topological polar surface area (TPSA) is 55.1 Å². The van der Waals surface area contributed by atoms with Gasteiger partial charge in [-0.25, -0.2) is 9.48 Å². The maximum Gasteiger partial charge on any atom is 0.419 e. The van der Waals surface area contributed by atoms with Crippen LogP contribution >= 0.6 is 11.8 Å². The zero-order valence-corrected chi connectivity index (χ0v) is 11.0. The highest BCUT2D eigenvalue weighted by Crippen LogP contribution is 2.31. The Balaban J connectivity index is 2.58. The van der Waals surface area contributed by atoms with Gasteiger partial charge in [0.1, 0.15) is 0 Å². The second kappa shape index (κ2) is 5.20. The molecule has 1 aromatic carbocycles. The van der Waals surface area contributed by atoms with Gasteiger partial charge in [-0.3, -0.25) is 0 Å². The van der Waals surface area contributed by atoms with Gasteiger partial charge in [0.15, 0.2) is 0 Å². The molecule has 0 fully saturated rings. The van der Waals surface area contributed by atoms with Gasteiger partial charge < -0.3 is 5.11 Å². The third-order valence-electron chi connectivity index (χ3n) is 2.59. The van der Waals surface area contributed by atoms with Crippen molar-refractivity contribution in [1.82, 2.24) is 9.78 Å². The first-order chi connectivity index (χ1) is 9.34. The van der Waals surface area contributed by atoms with E-state index in [1.165, 1.54) is 17.8 Å². The second-order valence-corrected chi connectivity index (χ2v) is 4.68. The van der Waals surface area contributed by atoms with Crippen molar-refractivity contribution < 1.29 is 23.1 Å². The average Bonchev–Trinajstić information content (AvgIpc) is 2.86. The molecular formula is C12H9F3N2O2S. The lowest BCUT2D eigenvalue weighted by Crippen LogP contribution is -2.08. The van der Waals surface area contributed by atoms with Gasteiger partial charge in [0.25, 0.3) is 0 Å². The zero-order chi connectivity index (χ0) is 14.9. The van der Waals surface area contributed by atoms with Crippen LogP contribution in [0.25, 0.3) is 5.69 Å². The van der Waals surface area contributed by atoms with Gasteiger partial charge in [-0.2, -0.15) is 18.3 Å². The van der Waals surface area contributed by atoms with Gasteiger partial charge in [0.05, 0.1) is 23.0 Å². The molecule has 0 aliphatic heterocycles. The maximum atomic E-state index is 12.5. The van der Waals surface area contributed by atoms with E-state index in [4.69, 9.17) is 0 Å². The SMILES string of the molecule is CSc1cccc(-n2cc(C(F)(F)F)cn2)c1C(=O)O. The van der Waals surface area contributed by atoms with Crippen molar-refractivity contribution in [3.8, 4) is 5.69 Å². The average molecular weight is 302 g/mol. The standard InChI is InChI=1S/C12H9F3N2O2S/c1-20-9-4-2-3-8(10(9)11(18)19)17-6-7(5-16-17)12(13,14)15/h2-6H,1H3,(H,18,19). The van der Waals surface area contributed by atoms with Gasteiger partial charge in [0, 0.05) is 11.1 Å². The van der Waals surface area contributed by atoms with Crippen LogP contribution in [-0.2, 0) is 6.18 Å². The van der Waals surface area contributed by atoms with Crippen LogP contribution in [0.1, 0.15) is 15.9 Å². The third kappa shape index (κ3) is 2.64. The van der Waals surface area contributed by atoms with E-state index in [0.29, 0.717) is 11.1 Å². The van der Waals surface area contributed by atoms with E-state index in [1.54, 1.807) is 18.4 Å². The number of rotatable bonds is 3. The van der Waals surface area contributed by atoms with Crippen molar-refractivity contribution in [2.75, 3.05) is 6.26 Å². The van der Waals surface area contributed by atoms with E-state index in [2.05, 4.69) is 5.10 Å². The Kier molecular flexibility index (Phi) is 3.76. The Morgan fingerprint density at radius 3 is 2.60 bits per heavy atom. The van der Waals surface area contributed by atoms with E-state index < -0.39 is 17.7 Å². The van der Waals surface area contributed by atoms with Crippen molar-refractivity contribution in [2.24, 2.45) is 0 Å². The lowest BCUT2D eigenvalue weighted by atomic mass is 10.2. The summed E-state index contributed by atoms with van der Waals surface area (Å²) in [7, 11) is 0. The predicted molar refractivity (Wildman–Crippen MR) is 67.3 cm³/mol. The molecule has 0 amide bonds. The van der Waals surface area contributed by atoms with E-state index in [-0.39, 0.29) is 11.3 Å². The third-order valence-corrected chi connectivity index (χ3v) is 3.37. The summed E-state index contributed by atoms with van der Waals surface area (Å²) in [6.07, 6.45) is -1.39. The van der Waals surface area contributed by atoms with Crippen molar-refractivity contribution in [3.05, 3.63) is 41.7 Å². The summed E-state index contributed by atoms with van der Waals surface area (Å²) in [5.74, 6) is -1.21. The summed E-state index contributed by atoms with van der Waals surface area (Å²) in [6.45, 7) is 0. The number of thioether (sulfide) groups is 1. The number of aromatic nitrogens is 2. The molecule has 0 unspecified atom stereocenters. The molecule has 0 aliphatic rings. The number of hydrogen-bond acceptors (Lipinski definition) is 3. The van der Waals surface area contributed by atoms with E-state index >= 15 is 0 Å². The monoisotopic (exact) mass is 302 g/mol. The highest BCUT2D eigenvalue weighted by Gasteiger charge is 2.32. The van der Waals surface area contributed by atoms with E-state index in [9.17, 15) is 23.1 Å². The number of nitrogens with zero attached hydrogens (tertiary/aromatic N) is 2. The molecule has 20 heavy (non-hydrogen) atoms. The molecule has 1 N–H and O–H groups in total. The molecule has 0 radical (unpaired) electrons. The van der Waals surface area contributed by atoms with Crippen LogP contribution in [0.4, 0.5) is 13.2 Å². The normalized spacial score (nSPS) is 11.6. The van der Waals surface area contributed by atoms with Gasteiger partial charge >= 0.3 is 12.1 Å². The molecule has 0 atom stereocenters. The molecule has 8 heteroatoms. The van der Waals surface area contributed by atoms with Crippen LogP contribution in [-0.4, -0.2) is 27.1 Å². The highest BCUT2D eigenvalue weighted by molar-refractivity contribution is 7.98. The molecule has 2 rings (SSSR count). The minimum atomic E-state index is -4.52. The van der Waals surface area contributed by atoms with Crippen LogP contribution in [0.3, 0.4) is 0 Å². The van der Waals surface area contributed by atoms with E-state index in [0.717, 1.165) is 10.9 Å². The molecular weight excluding hydrogens is 293 g/mol. The number of benzene rings is 1. The van der Waals surface area contributed by atoms with Gasteiger partial charge in [0.2, 0.25) is 0 Å². The molecule has 2 aromatic rings. The molecule has 1 heterocycles. The summed E-state index contributed by atoms with van der Waals surface area (Å²) in [5, 5.41) is 12.8. The number of halogens is 3. The first kappa shape index (κ1) is 14.4. The Morgan fingerprint density at radius 1 is 1.40 bits per heavy atom. The van der Waals surface area contributed by atoms with Crippen molar-refractivity contribution >= 4 is 17.7 Å². The summed E-state index contributed by atoms with van der Waals surface area (Å²) in [5.41, 5.74) is -0.903. The van der Waals surface area contributed by atoms with Crippen molar-refractivity contribution in [3.63, 3.8) is 0 Å². The van der Waals surface area contributed by atoms with Crippen molar-refractivity contribution in [1.29, 1.82) is 0 Å². The fourth-order valence-corrected chi connectivity index (χ4v) is 2.31. The lowest BCUT2D eigenvalue weighted by molar-refractivity contribution is -0.137. The summed E-state index contributed by atoms with van der Waals surface area (Å²) < 4.78 is 38.6. The lowest BCUT2D eigenvalue weighted by Gasteiger charge is -2.09. The van der Waals surface area contributed by atoms with Crippen LogP contribution in [0.15, 0.2) is 35.5 Å². The van der Waals surface area contributed by atoms with Gasteiger partial charge in [-0.05, 0) is 18.4 Å². The van der Waals surface area contributed by atoms with Crippen LogP contribution in [0, 0.1) is 0 Å². The quantitative estimate of drug-likeness (QED) is 0.884. The fraction of sp³-hybridized carbons (Fsp3) is 0.167. The Hall–Kier alpha value is -1.96. The zero-order valence-electron chi connectivity index (χ0n) is 10.2. The molecule has 0 saturated carbocycles. The molecule has 1 aromatic heterocycles. The first-order valence-electron chi connectivity index (χ1n) is 5.37. The number of carboxylic acids is 1. The molecule has 4 nitrogen and oxygen atoms in total. The van der Waals surface area contributed by atoms with Gasteiger partial charge in [-0.15, -0.1) is 11.8 Å². The maximum absolute atomic E-state index is 12.5. The molecule has 0 bridgehead atoms. The number of carboxylic acid groups (broad SMARTS) is 1. The fourth-order valence-electron chi connectivity index (χ4n) is 1.70. The highest BCUT2D eigenvalue weighted by atomic mass is 32.2. The Labute approximate surface area is 116 Å². The number of alkyl halides is 3. The Morgan fingerprint density at radius 2 is 2.10 bits per heavy atom. The molecule has 0 spiro atoms. The van der Waals surface area contributed by atoms with Gasteiger partial charge in [-0.1, -0.05) is 6.07 Å². The first-order valence-corrected chi connectivity index (χ1v) is 6.59. The largest absolute Gasteiger partial charge is 0.478 e.